The average Bonchev–Trinajstić information content (AvgIpc) is 2.61. The molecule has 0 aromatic heterocycles. The Morgan fingerprint density at radius 2 is 1.69 bits per heavy atom. The highest BCUT2D eigenvalue weighted by Crippen LogP contribution is 2.24. The van der Waals surface area contributed by atoms with Crippen LogP contribution in [-0.4, -0.2) is 25.3 Å². The summed E-state index contributed by atoms with van der Waals surface area (Å²) in [4.78, 5) is 2.06. The first-order valence-electron chi connectivity index (χ1n) is 8.93. The molecule has 1 saturated heterocycles. The van der Waals surface area contributed by atoms with Crippen LogP contribution >= 0.6 is 0 Å². The zero-order valence-electron chi connectivity index (χ0n) is 15.2. The molecule has 1 aliphatic heterocycles. The van der Waals surface area contributed by atoms with Gasteiger partial charge in [0.15, 0.2) is 0 Å². The minimum Gasteiger partial charge on any atom is -0.372 e. The maximum Gasteiger partial charge on any atom is 0.146 e. The van der Waals surface area contributed by atoms with Crippen molar-refractivity contribution in [2.24, 2.45) is 0 Å². The molecule has 4 nitrogen and oxygen atoms in total. The van der Waals surface area contributed by atoms with Gasteiger partial charge in [0.2, 0.25) is 0 Å². The van der Waals surface area contributed by atoms with Crippen LogP contribution < -0.4 is 10.2 Å². The van der Waals surface area contributed by atoms with Gasteiger partial charge >= 0.3 is 0 Å². The van der Waals surface area contributed by atoms with Gasteiger partial charge in [0.05, 0.1) is 29.5 Å². The third kappa shape index (κ3) is 4.60. The van der Waals surface area contributed by atoms with E-state index in [-0.39, 0.29) is 18.0 Å². The summed E-state index contributed by atoms with van der Waals surface area (Å²) in [5.74, 6) is -0.191. The Hall–Kier alpha value is -2.42. The highest BCUT2D eigenvalue weighted by molar-refractivity contribution is 5.50. The summed E-state index contributed by atoms with van der Waals surface area (Å²) in [6, 6.07) is 15.0. The molecule has 0 saturated carbocycles. The van der Waals surface area contributed by atoms with Gasteiger partial charge < -0.3 is 15.0 Å². The normalized spacial score (nSPS) is 20.0. The van der Waals surface area contributed by atoms with Gasteiger partial charge in [-0.25, -0.2) is 4.39 Å². The zero-order valence-corrected chi connectivity index (χ0v) is 15.2. The molecule has 1 N–H and O–H groups in total. The molecule has 2 aromatic rings. The molecule has 2 atom stereocenters. The molecule has 0 unspecified atom stereocenters. The van der Waals surface area contributed by atoms with Crippen LogP contribution in [0.15, 0.2) is 42.5 Å². The van der Waals surface area contributed by atoms with Crippen LogP contribution in [-0.2, 0) is 17.8 Å². The summed E-state index contributed by atoms with van der Waals surface area (Å²) in [6.07, 6.45) is 0.207. The lowest BCUT2D eigenvalue weighted by Crippen LogP contribution is -2.45. The molecule has 136 valence electrons. The fraction of sp³-hybridized carbons (Fsp3) is 0.381. The minimum absolute atomic E-state index is 0.104. The fourth-order valence-electron chi connectivity index (χ4n) is 3.34. The van der Waals surface area contributed by atoms with Crippen molar-refractivity contribution in [2.45, 2.75) is 39.1 Å². The summed E-state index contributed by atoms with van der Waals surface area (Å²) in [5.41, 5.74) is 3.30. The first-order chi connectivity index (χ1) is 12.5. The number of hydrogen-bond acceptors (Lipinski definition) is 4. The third-order valence-electron chi connectivity index (χ3n) is 4.51. The molecule has 0 bridgehead atoms. The van der Waals surface area contributed by atoms with Gasteiger partial charge in [-0.1, -0.05) is 18.2 Å². The zero-order chi connectivity index (χ0) is 18.5. The monoisotopic (exact) mass is 353 g/mol. The van der Waals surface area contributed by atoms with E-state index in [1.165, 1.54) is 0 Å². The summed E-state index contributed by atoms with van der Waals surface area (Å²) < 4.78 is 20.3. The second kappa shape index (κ2) is 8.31. The molecule has 26 heavy (non-hydrogen) atoms. The molecule has 2 aromatic carbocycles. The van der Waals surface area contributed by atoms with Crippen molar-refractivity contribution in [1.29, 1.82) is 5.26 Å². The smallest absolute Gasteiger partial charge is 0.146 e. The molecule has 5 heteroatoms. The number of nitriles is 1. The topological polar surface area (TPSA) is 48.3 Å². The second-order valence-corrected chi connectivity index (χ2v) is 6.86. The van der Waals surface area contributed by atoms with E-state index in [0.717, 1.165) is 11.1 Å². The van der Waals surface area contributed by atoms with Gasteiger partial charge in [0, 0.05) is 26.2 Å². The van der Waals surface area contributed by atoms with Gasteiger partial charge in [0.1, 0.15) is 5.82 Å². The quantitative estimate of drug-likeness (QED) is 0.892. The number of nitrogens with one attached hydrogen (secondary N) is 1. The molecule has 0 amide bonds. The van der Waals surface area contributed by atoms with E-state index < -0.39 is 0 Å². The van der Waals surface area contributed by atoms with Crippen molar-refractivity contribution in [3.63, 3.8) is 0 Å². The standard InChI is InChI=1S/C21H24FN3O/c1-15-13-25(14-16(2)26-15)21-8-7-19(9-20(21)22)12-24-11-18-5-3-17(10-23)4-6-18/h3-9,15-16,24H,11-14H2,1-2H3/t15-,16-/m0/s1. The summed E-state index contributed by atoms with van der Waals surface area (Å²) >= 11 is 0. The number of anilines is 1. The second-order valence-electron chi connectivity index (χ2n) is 6.86. The van der Waals surface area contributed by atoms with Crippen molar-refractivity contribution in [3.05, 3.63) is 65.0 Å². The molecule has 1 fully saturated rings. The van der Waals surface area contributed by atoms with Crippen LogP contribution in [0.5, 0.6) is 0 Å². The Kier molecular flexibility index (Phi) is 5.87. The van der Waals surface area contributed by atoms with E-state index >= 15 is 0 Å². The Balaban J connectivity index is 1.58. The van der Waals surface area contributed by atoms with Gasteiger partial charge in [-0.3, -0.25) is 0 Å². The van der Waals surface area contributed by atoms with Crippen molar-refractivity contribution in [1.82, 2.24) is 5.32 Å². The lowest BCUT2D eigenvalue weighted by Gasteiger charge is -2.37. The number of hydrogen-bond donors (Lipinski definition) is 1. The van der Waals surface area contributed by atoms with Gasteiger partial charge in [-0.05, 0) is 49.2 Å². The summed E-state index contributed by atoms with van der Waals surface area (Å²) in [6.45, 7) is 6.71. The molecule has 0 spiro atoms. The lowest BCUT2D eigenvalue weighted by molar-refractivity contribution is -0.00539. The highest BCUT2D eigenvalue weighted by Gasteiger charge is 2.24. The molecule has 0 radical (unpaired) electrons. The van der Waals surface area contributed by atoms with Crippen molar-refractivity contribution < 1.29 is 9.13 Å². The van der Waals surface area contributed by atoms with Gasteiger partial charge in [0.25, 0.3) is 0 Å². The van der Waals surface area contributed by atoms with E-state index in [1.54, 1.807) is 18.2 Å². The van der Waals surface area contributed by atoms with E-state index in [1.807, 2.05) is 38.1 Å². The van der Waals surface area contributed by atoms with Crippen LogP contribution in [0.4, 0.5) is 10.1 Å². The fourth-order valence-corrected chi connectivity index (χ4v) is 3.34. The lowest BCUT2D eigenvalue weighted by atomic mass is 10.1. The van der Waals surface area contributed by atoms with Crippen LogP contribution in [0.25, 0.3) is 0 Å². The number of benzene rings is 2. The number of ether oxygens (including phenoxy) is 1. The van der Waals surface area contributed by atoms with Crippen molar-refractivity contribution in [2.75, 3.05) is 18.0 Å². The number of morpholine rings is 1. The molecule has 1 aliphatic rings. The van der Waals surface area contributed by atoms with Crippen LogP contribution in [0.2, 0.25) is 0 Å². The molecule has 1 heterocycles. The largest absolute Gasteiger partial charge is 0.372 e. The van der Waals surface area contributed by atoms with Crippen molar-refractivity contribution in [3.8, 4) is 6.07 Å². The first kappa shape index (κ1) is 18.4. The summed E-state index contributed by atoms with van der Waals surface area (Å²) in [5, 5.41) is 12.1. The SMILES string of the molecule is C[C@H]1CN(c2ccc(CNCc3ccc(C#N)cc3)cc2F)C[C@H](C)O1. The van der Waals surface area contributed by atoms with Crippen LogP contribution in [0.1, 0.15) is 30.5 Å². The Morgan fingerprint density at radius 3 is 2.31 bits per heavy atom. The molecular formula is C21H24FN3O. The summed E-state index contributed by atoms with van der Waals surface area (Å²) in [7, 11) is 0. The highest BCUT2D eigenvalue weighted by atomic mass is 19.1. The number of nitrogens with zero attached hydrogens (tertiary/aromatic N) is 2. The van der Waals surface area contributed by atoms with E-state index in [9.17, 15) is 4.39 Å². The predicted octanol–water partition coefficient (Wildman–Crippen LogP) is 3.60. The van der Waals surface area contributed by atoms with Gasteiger partial charge in [-0.2, -0.15) is 5.26 Å². The van der Waals surface area contributed by atoms with Crippen LogP contribution in [0, 0.1) is 17.1 Å². The maximum absolute atomic E-state index is 14.6. The van der Waals surface area contributed by atoms with Gasteiger partial charge in [-0.15, -0.1) is 0 Å². The molecule has 3 rings (SSSR count). The Bertz CT molecular complexity index is 775. The third-order valence-corrected chi connectivity index (χ3v) is 4.51. The molecular weight excluding hydrogens is 329 g/mol. The van der Waals surface area contributed by atoms with E-state index in [0.29, 0.717) is 37.4 Å². The molecule has 0 aliphatic carbocycles. The van der Waals surface area contributed by atoms with E-state index in [2.05, 4.69) is 16.3 Å². The Labute approximate surface area is 154 Å². The average molecular weight is 353 g/mol. The minimum atomic E-state index is -0.191. The first-order valence-corrected chi connectivity index (χ1v) is 8.93. The van der Waals surface area contributed by atoms with Crippen molar-refractivity contribution >= 4 is 5.69 Å². The Morgan fingerprint density at radius 1 is 1.08 bits per heavy atom. The van der Waals surface area contributed by atoms with E-state index in [4.69, 9.17) is 10.00 Å². The number of halogens is 1. The maximum atomic E-state index is 14.6. The number of rotatable bonds is 5. The predicted molar refractivity (Wildman–Crippen MR) is 100 cm³/mol. The van der Waals surface area contributed by atoms with Crippen LogP contribution in [0.3, 0.4) is 0 Å².